The van der Waals surface area contributed by atoms with Crippen molar-refractivity contribution in [3.63, 3.8) is 0 Å². The van der Waals surface area contributed by atoms with Gasteiger partial charge in [0.25, 0.3) is 0 Å². The van der Waals surface area contributed by atoms with Crippen LogP contribution in [0.25, 0.3) is 0 Å². The third-order valence-corrected chi connectivity index (χ3v) is 7.36. The third kappa shape index (κ3) is 1.65. The van der Waals surface area contributed by atoms with Crippen molar-refractivity contribution in [1.29, 1.82) is 0 Å². The number of hydrogen-bond acceptors (Lipinski definition) is 3. The van der Waals surface area contributed by atoms with E-state index >= 15 is 0 Å². The Morgan fingerprint density at radius 3 is 2.68 bits per heavy atom. The fraction of sp³-hybridized carbons (Fsp3) is 0.769. The number of nitrogens with zero attached hydrogens (tertiary/aromatic N) is 2. The molecule has 1 N–H and O–H groups in total. The van der Waals surface area contributed by atoms with Crippen LogP contribution in [0.3, 0.4) is 0 Å². The molecule has 3 aliphatic rings. The summed E-state index contributed by atoms with van der Waals surface area (Å²) in [6, 6.07) is 0. The Hall–Kier alpha value is -1.04. The predicted molar refractivity (Wildman–Crippen MR) is 72.4 cm³/mol. The maximum atomic E-state index is 12.9. The van der Waals surface area contributed by atoms with Gasteiger partial charge in [-0.3, -0.25) is 9.40 Å². The van der Waals surface area contributed by atoms with Crippen LogP contribution in [0.4, 0.5) is 5.69 Å². The third-order valence-electron chi connectivity index (χ3n) is 4.98. The van der Waals surface area contributed by atoms with Gasteiger partial charge in [0.15, 0.2) is 0 Å². The highest BCUT2D eigenvalue weighted by atomic mass is 32.2. The van der Waals surface area contributed by atoms with Gasteiger partial charge in [-0.1, -0.05) is 12.8 Å². The summed E-state index contributed by atoms with van der Waals surface area (Å²) in [4.78, 5) is 0. The Bertz CT molecular complexity index is 583. The summed E-state index contributed by atoms with van der Waals surface area (Å²) in [5.41, 5.74) is 1.76. The van der Waals surface area contributed by atoms with Gasteiger partial charge in [-0.15, -0.1) is 0 Å². The molecule has 19 heavy (non-hydrogen) atoms. The lowest BCUT2D eigenvalue weighted by Crippen LogP contribution is -2.38. The van der Waals surface area contributed by atoms with Crippen LogP contribution in [-0.2, 0) is 16.4 Å². The lowest BCUT2D eigenvalue weighted by atomic mass is 10.0. The molecule has 5 nitrogen and oxygen atoms in total. The van der Waals surface area contributed by atoms with Crippen LogP contribution in [-0.4, -0.2) is 30.4 Å². The maximum absolute atomic E-state index is 12.9. The summed E-state index contributed by atoms with van der Waals surface area (Å²) in [5.74, 6) is 0.854. The van der Waals surface area contributed by atoms with Crippen molar-refractivity contribution in [2.75, 3.05) is 10.8 Å². The predicted octanol–water partition coefficient (Wildman–Crippen LogP) is 1.68. The highest BCUT2D eigenvalue weighted by molar-refractivity contribution is 7.93. The molecule has 2 saturated carbocycles. The van der Waals surface area contributed by atoms with Crippen LogP contribution in [0.1, 0.15) is 37.8 Å². The first kappa shape index (κ1) is 11.8. The molecule has 1 aromatic rings. The van der Waals surface area contributed by atoms with Crippen molar-refractivity contribution in [2.24, 2.45) is 11.8 Å². The minimum Gasteiger partial charge on any atom is -0.280 e. The lowest BCUT2D eigenvalue weighted by molar-refractivity contribution is 0.480. The molecule has 2 heterocycles. The van der Waals surface area contributed by atoms with E-state index in [9.17, 15) is 8.42 Å². The van der Waals surface area contributed by atoms with Gasteiger partial charge in [-0.05, 0) is 37.5 Å². The van der Waals surface area contributed by atoms with Crippen molar-refractivity contribution in [2.45, 2.75) is 43.8 Å². The number of sulfonamides is 1. The number of aryl methyl sites for hydroxylation is 1. The number of aromatic nitrogens is 2. The molecule has 104 valence electrons. The highest BCUT2D eigenvalue weighted by Gasteiger charge is 2.59. The standard InChI is InChI=1S/C13H19N3O2S/c17-19(18,13-9-4-1-2-5-10(9)13)16-7-3-6-11-12(16)8-14-15-11/h8-10,13H,1-7H2,(H,14,15). The quantitative estimate of drug-likeness (QED) is 0.897. The molecule has 2 aliphatic carbocycles. The number of rotatable bonds is 2. The molecule has 0 bridgehead atoms. The topological polar surface area (TPSA) is 66.1 Å². The van der Waals surface area contributed by atoms with Crippen LogP contribution in [0, 0.1) is 11.8 Å². The second kappa shape index (κ2) is 3.98. The molecule has 6 heteroatoms. The highest BCUT2D eigenvalue weighted by Crippen LogP contribution is 2.55. The molecule has 2 fully saturated rings. The van der Waals surface area contributed by atoms with E-state index in [0.29, 0.717) is 18.4 Å². The normalized spacial score (nSPS) is 33.7. The van der Waals surface area contributed by atoms with Crippen LogP contribution in [0.2, 0.25) is 0 Å². The van der Waals surface area contributed by atoms with E-state index in [1.54, 1.807) is 10.5 Å². The molecule has 1 aromatic heterocycles. The van der Waals surface area contributed by atoms with Crippen molar-refractivity contribution < 1.29 is 8.42 Å². The van der Waals surface area contributed by atoms with Crippen LogP contribution >= 0.6 is 0 Å². The number of anilines is 1. The van der Waals surface area contributed by atoms with E-state index in [1.807, 2.05) is 0 Å². The van der Waals surface area contributed by atoms with E-state index < -0.39 is 10.0 Å². The second-order valence-corrected chi connectivity index (χ2v) is 8.05. The van der Waals surface area contributed by atoms with Crippen LogP contribution in [0.15, 0.2) is 6.20 Å². The van der Waals surface area contributed by atoms with E-state index in [0.717, 1.165) is 37.1 Å². The molecule has 2 unspecified atom stereocenters. The summed E-state index contributed by atoms with van der Waals surface area (Å²) in [7, 11) is -3.18. The zero-order valence-electron chi connectivity index (χ0n) is 10.9. The Labute approximate surface area is 113 Å². The van der Waals surface area contributed by atoms with E-state index in [4.69, 9.17) is 0 Å². The van der Waals surface area contributed by atoms with Gasteiger partial charge in [-0.2, -0.15) is 5.10 Å². The first-order chi connectivity index (χ1) is 9.19. The zero-order valence-corrected chi connectivity index (χ0v) is 11.7. The average molecular weight is 281 g/mol. The average Bonchev–Trinajstić information content (AvgIpc) is 2.97. The zero-order chi connectivity index (χ0) is 13.0. The summed E-state index contributed by atoms with van der Waals surface area (Å²) in [6.07, 6.45) is 8.04. The van der Waals surface area contributed by atoms with Gasteiger partial charge < -0.3 is 0 Å². The first-order valence-electron chi connectivity index (χ1n) is 7.23. The van der Waals surface area contributed by atoms with Crippen molar-refractivity contribution >= 4 is 15.7 Å². The summed E-state index contributed by atoms with van der Waals surface area (Å²) in [5, 5.41) is 6.82. The van der Waals surface area contributed by atoms with E-state index in [2.05, 4.69) is 10.2 Å². The Balaban J connectivity index is 1.66. The fourth-order valence-corrected chi connectivity index (χ4v) is 6.58. The van der Waals surface area contributed by atoms with Gasteiger partial charge in [-0.25, -0.2) is 8.42 Å². The monoisotopic (exact) mass is 281 g/mol. The van der Waals surface area contributed by atoms with Gasteiger partial charge in [0.2, 0.25) is 10.0 Å². The van der Waals surface area contributed by atoms with Crippen molar-refractivity contribution in [3.05, 3.63) is 11.9 Å². The molecule has 4 rings (SSSR count). The first-order valence-corrected chi connectivity index (χ1v) is 8.74. The van der Waals surface area contributed by atoms with Gasteiger partial charge in [0.1, 0.15) is 0 Å². The molecule has 2 atom stereocenters. The molecular formula is C13H19N3O2S. The number of H-pyrrole nitrogens is 1. The van der Waals surface area contributed by atoms with Crippen LogP contribution in [0.5, 0.6) is 0 Å². The molecule has 0 aromatic carbocycles. The number of hydrogen-bond donors (Lipinski definition) is 1. The largest absolute Gasteiger partial charge is 0.280 e. The SMILES string of the molecule is O=S(=O)(C1C2CCCCC21)N1CCCc2[nH]ncc21. The molecule has 0 saturated heterocycles. The number of aromatic amines is 1. The van der Waals surface area contributed by atoms with E-state index in [-0.39, 0.29) is 5.25 Å². The van der Waals surface area contributed by atoms with Crippen molar-refractivity contribution in [3.8, 4) is 0 Å². The minimum atomic E-state index is -3.18. The summed E-state index contributed by atoms with van der Waals surface area (Å²) >= 11 is 0. The van der Waals surface area contributed by atoms with Gasteiger partial charge >= 0.3 is 0 Å². The van der Waals surface area contributed by atoms with Crippen molar-refractivity contribution in [1.82, 2.24) is 10.2 Å². The molecule has 0 spiro atoms. The summed E-state index contributed by atoms with van der Waals surface area (Å²) in [6.45, 7) is 0.616. The molecular weight excluding hydrogens is 262 g/mol. The van der Waals surface area contributed by atoms with Gasteiger partial charge in [0, 0.05) is 6.54 Å². The van der Waals surface area contributed by atoms with E-state index in [1.165, 1.54) is 12.8 Å². The maximum Gasteiger partial charge on any atom is 0.238 e. The Kier molecular flexibility index (Phi) is 2.46. The molecule has 0 amide bonds. The summed E-state index contributed by atoms with van der Waals surface area (Å²) < 4.78 is 27.3. The number of fused-ring (bicyclic) bond motifs is 2. The van der Waals surface area contributed by atoms with Crippen LogP contribution < -0.4 is 4.31 Å². The smallest absolute Gasteiger partial charge is 0.238 e. The Morgan fingerprint density at radius 2 is 1.95 bits per heavy atom. The molecule has 0 radical (unpaired) electrons. The van der Waals surface area contributed by atoms with Gasteiger partial charge in [0.05, 0.1) is 22.8 Å². The lowest BCUT2D eigenvalue weighted by Gasteiger charge is -2.27. The number of nitrogens with one attached hydrogen (secondary N) is 1. The Morgan fingerprint density at radius 1 is 1.21 bits per heavy atom. The molecule has 1 aliphatic heterocycles. The fourth-order valence-electron chi connectivity index (χ4n) is 4.00. The minimum absolute atomic E-state index is 0.115. The second-order valence-electron chi connectivity index (χ2n) is 6.03.